The zero-order valence-electron chi connectivity index (χ0n) is 21.9. The molecule has 9 nitrogen and oxygen atoms in total. The molecule has 2 heterocycles. The third kappa shape index (κ3) is 6.05. The number of amides is 1. The van der Waals surface area contributed by atoms with E-state index < -0.39 is 0 Å². The molecule has 0 spiro atoms. The van der Waals surface area contributed by atoms with Crippen LogP contribution in [0.25, 0.3) is 0 Å². The van der Waals surface area contributed by atoms with Crippen LogP contribution in [-0.2, 0) is 14.3 Å². The molecule has 2 aromatic carbocycles. The first-order valence-electron chi connectivity index (χ1n) is 12.6. The van der Waals surface area contributed by atoms with Gasteiger partial charge < -0.3 is 18.9 Å². The summed E-state index contributed by atoms with van der Waals surface area (Å²) >= 11 is 0. The zero-order valence-corrected chi connectivity index (χ0v) is 21.9. The van der Waals surface area contributed by atoms with Crippen molar-refractivity contribution >= 4 is 17.6 Å². The summed E-state index contributed by atoms with van der Waals surface area (Å²) in [7, 11) is 4.84. The number of hydrogen-bond acceptors (Lipinski definition) is 8. The molecule has 2 aliphatic rings. The summed E-state index contributed by atoms with van der Waals surface area (Å²) in [6.07, 6.45) is 2.15. The second-order valence-corrected chi connectivity index (χ2v) is 9.17. The molecule has 2 aromatic rings. The van der Waals surface area contributed by atoms with Gasteiger partial charge in [-0.3, -0.25) is 14.5 Å². The van der Waals surface area contributed by atoms with Crippen molar-refractivity contribution in [2.45, 2.75) is 32.2 Å². The molecular weight excluding hydrogens is 474 g/mol. The molecule has 37 heavy (non-hydrogen) atoms. The van der Waals surface area contributed by atoms with Crippen LogP contribution in [-0.4, -0.2) is 75.1 Å². The maximum Gasteiger partial charge on any atom is 0.310 e. The summed E-state index contributed by atoms with van der Waals surface area (Å²) in [6, 6.07) is 12.9. The lowest BCUT2D eigenvalue weighted by Gasteiger charge is -2.32. The Bertz CT molecular complexity index is 1130. The summed E-state index contributed by atoms with van der Waals surface area (Å²) in [5.74, 6) is 1.53. The van der Waals surface area contributed by atoms with E-state index in [9.17, 15) is 9.59 Å². The molecule has 2 atom stereocenters. The van der Waals surface area contributed by atoms with Gasteiger partial charge in [-0.25, -0.2) is 5.01 Å². The molecule has 1 saturated heterocycles. The molecular formula is C28H35N3O6. The lowest BCUT2D eigenvalue weighted by atomic mass is 9.97. The largest absolute Gasteiger partial charge is 0.497 e. The van der Waals surface area contributed by atoms with E-state index >= 15 is 0 Å². The molecule has 1 amide bonds. The third-order valence-electron chi connectivity index (χ3n) is 6.87. The number of esters is 1. The molecule has 1 fully saturated rings. The number of hydrogen-bond donors (Lipinski definition) is 0. The van der Waals surface area contributed by atoms with E-state index in [0.29, 0.717) is 31.1 Å². The smallest absolute Gasteiger partial charge is 0.310 e. The monoisotopic (exact) mass is 509 g/mol. The molecule has 2 aliphatic heterocycles. The topological polar surface area (TPSA) is 89.9 Å². The lowest BCUT2D eigenvalue weighted by Crippen LogP contribution is -2.44. The standard InChI is InChI=1S/C28H35N3O6/c1-5-37-28(33)20-7-6-14-30(17-20)18-27(32)31-25(23-13-12-22(35-3)15-26(23)36-4)16-24(29-31)19-8-10-21(34-2)11-9-19/h8-13,15,20,25H,5-7,14,16-18H2,1-4H3/t20-,25+/m0/s1. The number of carbonyl (C=O) groups is 2. The van der Waals surface area contributed by atoms with E-state index in [1.165, 1.54) is 0 Å². The fourth-order valence-electron chi connectivity index (χ4n) is 4.95. The number of ether oxygens (including phenoxy) is 4. The van der Waals surface area contributed by atoms with Crippen molar-refractivity contribution in [1.82, 2.24) is 9.91 Å². The van der Waals surface area contributed by atoms with Crippen molar-refractivity contribution in [2.75, 3.05) is 47.6 Å². The van der Waals surface area contributed by atoms with Gasteiger partial charge in [0.15, 0.2) is 0 Å². The first-order chi connectivity index (χ1) is 18.0. The Kier molecular flexibility index (Phi) is 8.66. The molecule has 0 aliphatic carbocycles. The maximum absolute atomic E-state index is 13.7. The highest BCUT2D eigenvalue weighted by atomic mass is 16.5. The van der Waals surface area contributed by atoms with Gasteiger partial charge in [0.05, 0.1) is 52.2 Å². The second kappa shape index (κ2) is 12.1. The van der Waals surface area contributed by atoms with Crippen molar-refractivity contribution in [2.24, 2.45) is 11.0 Å². The summed E-state index contributed by atoms with van der Waals surface area (Å²) in [4.78, 5) is 28.0. The Hall–Kier alpha value is -3.59. The Morgan fingerprint density at radius 3 is 2.41 bits per heavy atom. The average Bonchev–Trinajstić information content (AvgIpc) is 3.38. The van der Waals surface area contributed by atoms with Crippen LogP contribution in [0.4, 0.5) is 0 Å². The fourth-order valence-corrected chi connectivity index (χ4v) is 4.95. The minimum atomic E-state index is -0.337. The molecule has 9 heteroatoms. The zero-order chi connectivity index (χ0) is 26.4. The number of likely N-dealkylation sites (tertiary alicyclic amines) is 1. The van der Waals surface area contributed by atoms with Crippen LogP contribution in [0, 0.1) is 5.92 Å². The predicted octanol–water partition coefficient (Wildman–Crippen LogP) is 3.67. The van der Waals surface area contributed by atoms with Crippen LogP contribution >= 0.6 is 0 Å². The van der Waals surface area contributed by atoms with Crippen LogP contribution in [0.3, 0.4) is 0 Å². The highest BCUT2D eigenvalue weighted by molar-refractivity contribution is 6.03. The van der Waals surface area contributed by atoms with Gasteiger partial charge in [0.25, 0.3) is 5.91 Å². The number of methoxy groups -OCH3 is 3. The van der Waals surface area contributed by atoms with Gasteiger partial charge in [0.2, 0.25) is 0 Å². The summed E-state index contributed by atoms with van der Waals surface area (Å²) in [6.45, 7) is 3.59. The number of rotatable bonds is 9. The van der Waals surface area contributed by atoms with Crippen LogP contribution in [0.15, 0.2) is 47.6 Å². The summed E-state index contributed by atoms with van der Waals surface area (Å²) < 4.78 is 21.5. The van der Waals surface area contributed by atoms with E-state index in [-0.39, 0.29) is 30.4 Å². The molecule has 0 aromatic heterocycles. The normalized spacial score (nSPS) is 19.8. The molecule has 4 rings (SSSR count). The minimum absolute atomic E-state index is 0.129. The van der Waals surface area contributed by atoms with Gasteiger partial charge >= 0.3 is 5.97 Å². The predicted molar refractivity (Wildman–Crippen MR) is 139 cm³/mol. The highest BCUT2D eigenvalue weighted by Crippen LogP contribution is 2.39. The molecule has 0 N–H and O–H groups in total. The Labute approximate surface area is 217 Å². The molecule has 0 unspecified atom stereocenters. The van der Waals surface area contributed by atoms with Crippen LogP contribution in [0.5, 0.6) is 17.2 Å². The van der Waals surface area contributed by atoms with Gasteiger partial charge in [0, 0.05) is 24.6 Å². The van der Waals surface area contributed by atoms with E-state index in [1.807, 2.05) is 47.4 Å². The number of benzene rings is 2. The van der Waals surface area contributed by atoms with Crippen molar-refractivity contribution < 1.29 is 28.5 Å². The van der Waals surface area contributed by atoms with Crippen molar-refractivity contribution in [3.8, 4) is 17.2 Å². The number of nitrogens with zero attached hydrogens (tertiary/aromatic N) is 3. The average molecular weight is 510 g/mol. The number of piperidine rings is 1. The highest BCUT2D eigenvalue weighted by Gasteiger charge is 2.36. The minimum Gasteiger partial charge on any atom is -0.497 e. The van der Waals surface area contributed by atoms with Crippen LogP contribution < -0.4 is 14.2 Å². The molecule has 0 radical (unpaired) electrons. The summed E-state index contributed by atoms with van der Waals surface area (Å²) in [5, 5.41) is 6.36. The van der Waals surface area contributed by atoms with Crippen molar-refractivity contribution in [3.63, 3.8) is 0 Å². The first-order valence-corrected chi connectivity index (χ1v) is 12.6. The van der Waals surface area contributed by atoms with Crippen LogP contribution in [0.2, 0.25) is 0 Å². The third-order valence-corrected chi connectivity index (χ3v) is 6.87. The Morgan fingerprint density at radius 1 is 1.00 bits per heavy atom. The quantitative estimate of drug-likeness (QED) is 0.477. The van der Waals surface area contributed by atoms with Gasteiger partial charge in [-0.15, -0.1) is 0 Å². The molecule has 0 bridgehead atoms. The molecule has 0 saturated carbocycles. The van der Waals surface area contributed by atoms with E-state index in [2.05, 4.69) is 0 Å². The SMILES string of the molecule is CCOC(=O)[C@H]1CCCN(CC(=O)N2N=C(c3ccc(OC)cc3)C[C@@H]2c2ccc(OC)cc2OC)C1. The van der Waals surface area contributed by atoms with E-state index in [4.69, 9.17) is 24.0 Å². The molecule has 198 valence electrons. The fraction of sp³-hybridized carbons (Fsp3) is 0.464. The van der Waals surface area contributed by atoms with Crippen molar-refractivity contribution in [3.05, 3.63) is 53.6 Å². The van der Waals surface area contributed by atoms with Gasteiger partial charge in [-0.1, -0.05) is 0 Å². The van der Waals surface area contributed by atoms with Crippen molar-refractivity contribution in [1.29, 1.82) is 0 Å². The Morgan fingerprint density at radius 2 is 1.73 bits per heavy atom. The maximum atomic E-state index is 13.7. The van der Waals surface area contributed by atoms with Crippen LogP contribution in [0.1, 0.15) is 43.4 Å². The second-order valence-electron chi connectivity index (χ2n) is 9.17. The van der Waals surface area contributed by atoms with Gasteiger partial charge in [-0.2, -0.15) is 5.10 Å². The number of carbonyl (C=O) groups excluding carboxylic acids is 2. The van der Waals surface area contributed by atoms with E-state index in [0.717, 1.165) is 42.0 Å². The van der Waals surface area contributed by atoms with Gasteiger partial charge in [0.1, 0.15) is 17.2 Å². The van der Waals surface area contributed by atoms with Gasteiger partial charge in [-0.05, 0) is 68.3 Å². The summed E-state index contributed by atoms with van der Waals surface area (Å²) in [5.41, 5.74) is 2.59. The first kappa shape index (κ1) is 26.5. The number of hydrazone groups is 1. The lowest BCUT2D eigenvalue weighted by molar-refractivity contribution is -0.150. The Balaban J connectivity index is 1.59. The van der Waals surface area contributed by atoms with E-state index in [1.54, 1.807) is 33.3 Å².